The van der Waals surface area contributed by atoms with E-state index in [4.69, 9.17) is 9.47 Å². The first-order valence-electron chi connectivity index (χ1n) is 16.1. The number of rotatable bonds is 15. The zero-order valence-corrected chi connectivity index (χ0v) is 28.1. The van der Waals surface area contributed by atoms with E-state index in [2.05, 4.69) is 39.2 Å². The Kier molecular flexibility index (Phi) is 11.2. The number of amides is 3. The predicted molar refractivity (Wildman–Crippen MR) is 168 cm³/mol. The standard InChI is InChI=1S/C34H55N3O7/c1-11-13-14-25(39)35-18-22(5)43-31(42)26-24-15-16-34(44-24)27(26)29(40)37(23(19-38)21(3)4)28(34)30(41)36(17-12-2)33(9,10)20-32(6,7)8/h11-12,21-24,26-28,38H,1-2,13-20H2,3-10H3,(H,35,39)/t22-,23-,24-,26+,27+,28-,34+/m0/s1. The van der Waals surface area contributed by atoms with Crippen LogP contribution in [0.5, 0.6) is 0 Å². The highest BCUT2D eigenvalue weighted by Gasteiger charge is 2.76. The second-order valence-electron chi connectivity index (χ2n) is 15.0. The summed E-state index contributed by atoms with van der Waals surface area (Å²) in [6, 6.07) is -1.65. The number of aliphatic hydroxyl groups excluding tert-OH is 1. The number of hydrogen-bond donors (Lipinski definition) is 2. The van der Waals surface area contributed by atoms with E-state index in [0.717, 1.165) is 0 Å². The van der Waals surface area contributed by atoms with Crippen molar-refractivity contribution in [2.45, 2.75) is 123 Å². The van der Waals surface area contributed by atoms with Gasteiger partial charge in [-0.2, -0.15) is 0 Å². The van der Waals surface area contributed by atoms with Gasteiger partial charge in [-0.15, -0.1) is 13.2 Å². The molecule has 3 saturated heterocycles. The maximum absolute atomic E-state index is 14.8. The molecule has 0 radical (unpaired) electrons. The molecule has 1 spiro atoms. The van der Waals surface area contributed by atoms with Crippen molar-refractivity contribution in [2.75, 3.05) is 19.7 Å². The number of aliphatic hydroxyl groups is 1. The lowest BCUT2D eigenvalue weighted by Crippen LogP contribution is -2.63. The summed E-state index contributed by atoms with van der Waals surface area (Å²) in [5, 5.41) is 13.3. The lowest BCUT2D eigenvalue weighted by molar-refractivity contribution is -0.161. The van der Waals surface area contributed by atoms with Crippen molar-refractivity contribution in [3.8, 4) is 0 Å². The maximum Gasteiger partial charge on any atom is 0.312 e. The Morgan fingerprint density at radius 2 is 1.84 bits per heavy atom. The number of hydrogen-bond acceptors (Lipinski definition) is 7. The Bertz CT molecular complexity index is 1110. The summed E-state index contributed by atoms with van der Waals surface area (Å²) < 4.78 is 12.4. The molecule has 0 aromatic rings. The fourth-order valence-electron chi connectivity index (χ4n) is 7.82. The van der Waals surface area contributed by atoms with Gasteiger partial charge in [0.2, 0.25) is 17.7 Å². The van der Waals surface area contributed by atoms with Crippen molar-refractivity contribution >= 4 is 23.7 Å². The van der Waals surface area contributed by atoms with Crippen LogP contribution in [-0.2, 0) is 28.7 Å². The van der Waals surface area contributed by atoms with Crippen molar-refractivity contribution in [3.63, 3.8) is 0 Å². The molecule has 248 valence electrons. The average molecular weight is 618 g/mol. The van der Waals surface area contributed by atoms with Gasteiger partial charge in [-0.1, -0.05) is 46.8 Å². The van der Waals surface area contributed by atoms with E-state index in [1.54, 1.807) is 24.0 Å². The Hall–Kier alpha value is -2.72. The Balaban J connectivity index is 1.98. The fraction of sp³-hybridized carbons (Fsp3) is 0.765. The van der Waals surface area contributed by atoms with Gasteiger partial charge in [0, 0.05) is 18.5 Å². The third-order valence-electron chi connectivity index (χ3n) is 9.31. The van der Waals surface area contributed by atoms with Gasteiger partial charge in [0.15, 0.2) is 0 Å². The van der Waals surface area contributed by atoms with Crippen LogP contribution >= 0.6 is 0 Å². The molecule has 3 fully saturated rings. The zero-order valence-electron chi connectivity index (χ0n) is 28.1. The van der Waals surface area contributed by atoms with E-state index in [9.17, 15) is 24.3 Å². The average Bonchev–Trinajstić information content (AvgIpc) is 3.55. The molecule has 3 rings (SSSR count). The van der Waals surface area contributed by atoms with Crippen LogP contribution in [0.3, 0.4) is 0 Å². The fourth-order valence-corrected chi connectivity index (χ4v) is 7.82. The monoisotopic (exact) mass is 617 g/mol. The summed E-state index contributed by atoms with van der Waals surface area (Å²) in [6.45, 7) is 23.5. The van der Waals surface area contributed by atoms with Gasteiger partial charge in [0.05, 0.1) is 37.1 Å². The lowest BCUT2D eigenvalue weighted by Gasteiger charge is -2.46. The molecule has 3 amide bonds. The Morgan fingerprint density at radius 1 is 1.18 bits per heavy atom. The van der Waals surface area contributed by atoms with Gasteiger partial charge < -0.3 is 29.7 Å². The molecule has 2 N–H and O–H groups in total. The van der Waals surface area contributed by atoms with E-state index in [0.29, 0.717) is 32.1 Å². The number of allylic oxidation sites excluding steroid dienone is 1. The molecule has 2 bridgehead atoms. The first-order valence-corrected chi connectivity index (χ1v) is 16.1. The van der Waals surface area contributed by atoms with E-state index < -0.39 is 53.2 Å². The lowest BCUT2D eigenvalue weighted by atomic mass is 9.70. The molecule has 3 aliphatic rings. The second kappa shape index (κ2) is 13.7. The first kappa shape index (κ1) is 35.8. The molecule has 7 atom stereocenters. The summed E-state index contributed by atoms with van der Waals surface area (Å²) >= 11 is 0. The topological polar surface area (TPSA) is 125 Å². The van der Waals surface area contributed by atoms with Crippen LogP contribution in [-0.4, -0.2) is 93.7 Å². The van der Waals surface area contributed by atoms with Gasteiger partial charge in [0.1, 0.15) is 17.7 Å². The van der Waals surface area contributed by atoms with Crippen molar-refractivity contribution in [1.29, 1.82) is 0 Å². The molecule has 0 aliphatic carbocycles. The summed E-state index contributed by atoms with van der Waals surface area (Å²) in [5.41, 5.74) is -1.88. The van der Waals surface area contributed by atoms with Gasteiger partial charge in [-0.3, -0.25) is 19.2 Å². The molecule has 10 heteroatoms. The van der Waals surface area contributed by atoms with Crippen molar-refractivity contribution in [2.24, 2.45) is 23.2 Å². The minimum Gasteiger partial charge on any atom is -0.460 e. The third-order valence-corrected chi connectivity index (χ3v) is 9.31. The van der Waals surface area contributed by atoms with Crippen LogP contribution in [0.25, 0.3) is 0 Å². The third kappa shape index (κ3) is 7.06. The molecular formula is C34H55N3O7. The van der Waals surface area contributed by atoms with Gasteiger partial charge in [0.25, 0.3) is 0 Å². The van der Waals surface area contributed by atoms with E-state index in [-0.39, 0.29) is 48.8 Å². The van der Waals surface area contributed by atoms with Crippen LogP contribution in [0.4, 0.5) is 0 Å². The molecular weight excluding hydrogens is 562 g/mol. The number of fused-ring (bicyclic) bond motifs is 1. The highest BCUT2D eigenvalue weighted by molar-refractivity contribution is 5.98. The van der Waals surface area contributed by atoms with Gasteiger partial charge in [-0.25, -0.2) is 0 Å². The number of ether oxygens (including phenoxy) is 2. The summed E-state index contributed by atoms with van der Waals surface area (Å²) in [6.07, 6.45) is 4.65. The highest BCUT2D eigenvalue weighted by Crippen LogP contribution is 2.59. The van der Waals surface area contributed by atoms with Crippen molar-refractivity contribution in [3.05, 3.63) is 25.3 Å². The molecule has 0 saturated carbocycles. The summed E-state index contributed by atoms with van der Waals surface area (Å²) in [4.78, 5) is 58.3. The molecule has 0 unspecified atom stereocenters. The van der Waals surface area contributed by atoms with Crippen LogP contribution in [0, 0.1) is 23.2 Å². The molecule has 10 nitrogen and oxygen atoms in total. The van der Waals surface area contributed by atoms with E-state index in [1.165, 1.54) is 4.90 Å². The minimum atomic E-state index is -1.22. The molecule has 3 heterocycles. The van der Waals surface area contributed by atoms with Crippen LogP contribution in [0.15, 0.2) is 25.3 Å². The first-order chi connectivity index (χ1) is 20.5. The van der Waals surface area contributed by atoms with E-state index >= 15 is 0 Å². The molecule has 44 heavy (non-hydrogen) atoms. The number of esters is 1. The predicted octanol–water partition coefficient (Wildman–Crippen LogP) is 3.62. The molecule has 0 aromatic carbocycles. The summed E-state index contributed by atoms with van der Waals surface area (Å²) in [7, 11) is 0. The minimum absolute atomic E-state index is 0.0836. The number of carbonyl (C=O) groups excluding carboxylic acids is 4. The van der Waals surface area contributed by atoms with Crippen LogP contribution < -0.4 is 5.32 Å². The highest BCUT2D eigenvalue weighted by atomic mass is 16.6. The Morgan fingerprint density at radius 3 is 2.39 bits per heavy atom. The van der Waals surface area contributed by atoms with Gasteiger partial charge >= 0.3 is 5.97 Å². The quantitative estimate of drug-likeness (QED) is 0.212. The van der Waals surface area contributed by atoms with E-state index in [1.807, 2.05) is 27.7 Å². The van der Waals surface area contributed by atoms with Gasteiger partial charge in [-0.05, 0) is 57.8 Å². The maximum atomic E-state index is 14.8. The summed E-state index contributed by atoms with van der Waals surface area (Å²) in [5.74, 6) is -3.33. The molecule has 3 aliphatic heterocycles. The van der Waals surface area contributed by atoms with Crippen molar-refractivity contribution < 1.29 is 33.8 Å². The van der Waals surface area contributed by atoms with Crippen LogP contribution in [0.1, 0.15) is 87.5 Å². The van der Waals surface area contributed by atoms with Crippen molar-refractivity contribution in [1.82, 2.24) is 15.1 Å². The number of nitrogens with one attached hydrogen (secondary N) is 1. The number of nitrogens with zero attached hydrogens (tertiary/aromatic N) is 2. The Labute approximate surface area is 263 Å². The number of carbonyl (C=O) groups is 4. The normalized spacial score (nSPS) is 27.6. The largest absolute Gasteiger partial charge is 0.460 e. The SMILES string of the molecule is C=CCCC(=O)NC[C@H](C)OC(=O)[C@@H]1[C@@H]2CC[C@]3(O2)[C@H](C(=O)N(CC=C)C(C)(C)CC(C)(C)C)N([C@@H](CO)C(C)C)C(=O)[C@@H]13. The van der Waals surface area contributed by atoms with Crippen LogP contribution in [0.2, 0.25) is 0 Å². The smallest absolute Gasteiger partial charge is 0.312 e. The molecule has 0 aromatic heterocycles. The zero-order chi connectivity index (χ0) is 33.2. The second-order valence-corrected chi connectivity index (χ2v) is 15.0. The number of likely N-dealkylation sites (tertiary alicyclic amines) is 1.